The number of hydrogen-bond donors (Lipinski definition) is 1. The van der Waals surface area contributed by atoms with Crippen molar-refractivity contribution in [2.75, 3.05) is 40.8 Å². The molecule has 31 heavy (non-hydrogen) atoms. The van der Waals surface area contributed by atoms with E-state index in [1.54, 1.807) is 31.4 Å². The number of halogens is 2. The van der Waals surface area contributed by atoms with Crippen LogP contribution in [0.5, 0.6) is 5.75 Å². The van der Waals surface area contributed by atoms with Gasteiger partial charge in [0.05, 0.1) is 18.5 Å². The number of benzene rings is 2. The summed E-state index contributed by atoms with van der Waals surface area (Å²) in [7, 11) is 1.91. The molecule has 1 N–H and O–H groups in total. The van der Waals surface area contributed by atoms with Gasteiger partial charge in [-0.15, -0.1) is 12.4 Å². The van der Waals surface area contributed by atoms with Crippen molar-refractivity contribution in [2.24, 2.45) is 5.92 Å². The maximum atomic E-state index is 13.1. The van der Waals surface area contributed by atoms with Gasteiger partial charge in [0.25, 0.3) is 0 Å². The first-order chi connectivity index (χ1) is 14.1. The lowest BCUT2D eigenvalue weighted by Crippen LogP contribution is -2.54. The van der Waals surface area contributed by atoms with Crippen molar-refractivity contribution in [3.63, 3.8) is 0 Å². The van der Waals surface area contributed by atoms with Crippen LogP contribution in [0.15, 0.2) is 48.5 Å². The minimum absolute atomic E-state index is 0. The summed E-state index contributed by atoms with van der Waals surface area (Å²) in [6, 6.07) is 14.2. The van der Waals surface area contributed by atoms with Gasteiger partial charge in [0.15, 0.2) is 0 Å². The third-order valence-corrected chi connectivity index (χ3v) is 7.72. The summed E-state index contributed by atoms with van der Waals surface area (Å²) in [6.45, 7) is 1.07. The lowest BCUT2D eigenvalue weighted by molar-refractivity contribution is -0.0698. The molecule has 1 heterocycles. The molecule has 0 bridgehead atoms. The van der Waals surface area contributed by atoms with Crippen LogP contribution in [0, 0.1) is 5.92 Å². The first kappa shape index (κ1) is 25.9. The second-order valence-electron chi connectivity index (χ2n) is 8.11. The quantitative estimate of drug-likeness (QED) is 0.646. The van der Waals surface area contributed by atoms with Gasteiger partial charge in [-0.2, -0.15) is 0 Å². The predicted molar refractivity (Wildman–Crippen MR) is 126 cm³/mol. The SMILES string of the molecule is COc1cccc(C2(O)CCN(S(=O)(=O)Cc3ccc(Cl)cc3)CC2CN(C)C)c1.Cl. The van der Waals surface area contributed by atoms with Crippen LogP contribution in [0.1, 0.15) is 17.5 Å². The fourth-order valence-electron chi connectivity index (χ4n) is 4.04. The van der Waals surface area contributed by atoms with Crippen LogP contribution in [0.3, 0.4) is 0 Å². The van der Waals surface area contributed by atoms with Gasteiger partial charge in [-0.05, 0) is 55.9 Å². The highest BCUT2D eigenvalue weighted by Crippen LogP contribution is 2.40. The van der Waals surface area contributed by atoms with Gasteiger partial charge in [-0.1, -0.05) is 35.9 Å². The van der Waals surface area contributed by atoms with E-state index in [-0.39, 0.29) is 37.2 Å². The average Bonchev–Trinajstić information content (AvgIpc) is 2.71. The first-order valence-corrected chi connectivity index (χ1v) is 11.9. The van der Waals surface area contributed by atoms with Gasteiger partial charge in [0.1, 0.15) is 5.75 Å². The molecule has 3 rings (SSSR count). The van der Waals surface area contributed by atoms with E-state index in [0.717, 1.165) is 5.56 Å². The number of aliphatic hydroxyl groups is 1. The Bertz CT molecular complexity index is 970. The van der Waals surface area contributed by atoms with Crippen molar-refractivity contribution < 1.29 is 18.3 Å². The molecule has 1 aliphatic heterocycles. The van der Waals surface area contributed by atoms with Crippen LogP contribution in [0.4, 0.5) is 0 Å². The highest BCUT2D eigenvalue weighted by molar-refractivity contribution is 7.88. The van der Waals surface area contributed by atoms with Crippen LogP contribution in [-0.4, -0.2) is 63.6 Å². The van der Waals surface area contributed by atoms with Gasteiger partial charge in [-0.25, -0.2) is 12.7 Å². The van der Waals surface area contributed by atoms with Crippen LogP contribution in [0.25, 0.3) is 0 Å². The molecule has 0 aliphatic carbocycles. The highest BCUT2D eigenvalue weighted by atomic mass is 35.5. The molecular formula is C22H30Cl2N2O4S. The molecule has 0 spiro atoms. The van der Waals surface area contributed by atoms with E-state index in [0.29, 0.717) is 29.3 Å². The van der Waals surface area contributed by atoms with Crippen LogP contribution < -0.4 is 4.74 Å². The summed E-state index contributed by atoms with van der Waals surface area (Å²) < 4.78 is 33.0. The minimum Gasteiger partial charge on any atom is -0.497 e. The van der Waals surface area contributed by atoms with E-state index >= 15 is 0 Å². The molecule has 1 fully saturated rings. The van der Waals surface area contributed by atoms with E-state index in [1.807, 2.05) is 43.3 Å². The van der Waals surface area contributed by atoms with E-state index in [2.05, 4.69) is 0 Å². The number of ether oxygens (including phenoxy) is 1. The molecule has 1 saturated heterocycles. The van der Waals surface area contributed by atoms with Crippen molar-refractivity contribution in [3.05, 3.63) is 64.7 Å². The summed E-state index contributed by atoms with van der Waals surface area (Å²) in [5.74, 6) is 0.298. The van der Waals surface area contributed by atoms with Gasteiger partial charge in [0.2, 0.25) is 10.0 Å². The lowest BCUT2D eigenvalue weighted by Gasteiger charge is -2.45. The molecule has 2 unspecified atom stereocenters. The molecule has 1 aliphatic rings. The standard InChI is InChI=1S/C22H29ClN2O4S.ClH/c1-24(2)14-19-15-25(30(27,28)16-17-7-9-20(23)10-8-17)12-11-22(19,26)18-5-4-6-21(13-18)29-3;/h4-10,13,19,26H,11-12,14-16H2,1-3H3;1H. The summed E-state index contributed by atoms with van der Waals surface area (Å²) in [5, 5.41) is 12.2. The predicted octanol–water partition coefficient (Wildman–Crippen LogP) is 3.37. The van der Waals surface area contributed by atoms with Gasteiger partial charge >= 0.3 is 0 Å². The van der Waals surface area contributed by atoms with E-state index in [1.165, 1.54) is 4.31 Å². The molecular weight excluding hydrogens is 459 g/mol. The van der Waals surface area contributed by atoms with Crippen LogP contribution in [-0.2, 0) is 21.4 Å². The average molecular weight is 489 g/mol. The topological polar surface area (TPSA) is 70.1 Å². The largest absolute Gasteiger partial charge is 0.497 e. The van der Waals surface area contributed by atoms with Crippen molar-refractivity contribution in [1.29, 1.82) is 0 Å². The van der Waals surface area contributed by atoms with Crippen molar-refractivity contribution in [1.82, 2.24) is 9.21 Å². The van der Waals surface area contributed by atoms with Crippen molar-refractivity contribution in [3.8, 4) is 5.75 Å². The van der Waals surface area contributed by atoms with Crippen LogP contribution in [0.2, 0.25) is 5.02 Å². The fraction of sp³-hybridized carbons (Fsp3) is 0.455. The molecule has 0 radical (unpaired) electrons. The van der Waals surface area contributed by atoms with Gasteiger partial charge < -0.3 is 14.7 Å². The number of sulfonamides is 1. The summed E-state index contributed by atoms with van der Waals surface area (Å²) in [5.41, 5.74) is 0.311. The summed E-state index contributed by atoms with van der Waals surface area (Å²) in [4.78, 5) is 1.98. The Hall–Kier alpha value is -1.35. The Morgan fingerprint density at radius 3 is 2.52 bits per heavy atom. The Morgan fingerprint density at radius 1 is 1.23 bits per heavy atom. The third kappa shape index (κ3) is 6.12. The summed E-state index contributed by atoms with van der Waals surface area (Å²) in [6.07, 6.45) is 0.318. The van der Waals surface area contributed by atoms with Gasteiger partial charge in [-0.3, -0.25) is 0 Å². The number of rotatable bonds is 7. The van der Waals surface area contributed by atoms with Crippen LogP contribution >= 0.6 is 24.0 Å². The second kappa shape index (κ2) is 10.5. The Morgan fingerprint density at radius 2 is 1.90 bits per heavy atom. The molecule has 0 aromatic heterocycles. The molecule has 172 valence electrons. The number of piperidine rings is 1. The lowest BCUT2D eigenvalue weighted by atomic mass is 9.76. The molecule has 2 atom stereocenters. The fourth-order valence-corrected chi connectivity index (χ4v) is 5.74. The van der Waals surface area contributed by atoms with E-state index < -0.39 is 15.6 Å². The smallest absolute Gasteiger partial charge is 0.218 e. The third-order valence-electron chi connectivity index (χ3n) is 5.65. The highest BCUT2D eigenvalue weighted by Gasteiger charge is 2.45. The van der Waals surface area contributed by atoms with E-state index in [9.17, 15) is 13.5 Å². The van der Waals surface area contributed by atoms with Crippen molar-refractivity contribution in [2.45, 2.75) is 17.8 Å². The Balaban J connectivity index is 0.00000341. The molecule has 6 nitrogen and oxygen atoms in total. The zero-order valence-corrected chi connectivity index (χ0v) is 20.4. The van der Waals surface area contributed by atoms with Crippen molar-refractivity contribution >= 4 is 34.0 Å². The summed E-state index contributed by atoms with van der Waals surface area (Å²) >= 11 is 5.91. The maximum Gasteiger partial charge on any atom is 0.218 e. The number of nitrogens with zero attached hydrogens (tertiary/aromatic N) is 2. The molecule has 9 heteroatoms. The molecule has 2 aromatic rings. The molecule has 2 aromatic carbocycles. The van der Waals surface area contributed by atoms with Gasteiger partial charge in [0, 0.05) is 30.6 Å². The first-order valence-electron chi connectivity index (χ1n) is 9.88. The molecule has 0 amide bonds. The Labute approximate surface area is 196 Å². The second-order valence-corrected chi connectivity index (χ2v) is 10.5. The molecule has 0 saturated carbocycles. The monoisotopic (exact) mass is 488 g/mol. The number of methoxy groups -OCH3 is 1. The van der Waals surface area contributed by atoms with E-state index in [4.69, 9.17) is 16.3 Å². The number of hydrogen-bond acceptors (Lipinski definition) is 5. The zero-order chi connectivity index (χ0) is 21.9. The zero-order valence-electron chi connectivity index (χ0n) is 18.0. The normalized spacial score (nSPS) is 22.2. The Kier molecular flexibility index (Phi) is 8.78. The maximum absolute atomic E-state index is 13.1. The minimum atomic E-state index is -3.53.